The van der Waals surface area contributed by atoms with Crippen LogP contribution in [0.25, 0.3) is 0 Å². The summed E-state index contributed by atoms with van der Waals surface area (Å²) in [5, 5.41) is 18.8. The molecule has 0 bridgehead atoms. The summed E-state index contributed by atoms with van der Waals surface area (Å²) in [7, 11) is 2.04. The van der Waals surface area contributed by atoms with E-state index in [1.807, 2.05) is 13.1 Å². The fraction of sp³-hybridized carbons (Fsp3) is 0.500. The maximum Gasteiger partial charge on any atom is 0.124 e. The third-order valence-corrected chi connectivity index (χ3v) is 3.05. The highest BCUT2D eigenvalue weighted by Crippen LogP contribution is 2.36. The molecule has 1 aliphatic heterocycles. The van der Waals surface area contributed by atoms with Gasteiger partial charge in [-0.1, -0.05) is 6.07 Å². The molecule has 82 valence electrons. The topological polar surface area (TPSA) is 43.7 Å². The Morgan fingerprint density at radius 3 is 2.93 bits per heavy atom. The Balaban J connectivity index is 2.29. The number of aliphatic hydroxyl groups is 1. The minimum atomic E-state index is 0.177. The lowest BCUT2D eigenvalue weighted by atomic mass is 10.0. The van der Waals surface area contributed by atoms with E-state index in [1.54, 1.807) is 0 Å². The lowest BCUT2D eigenvalue weighted by Crippen LogP contribution is -2.12. The number of aliphatic hydroxyl groups excluding tert-OH is 1. The van der Waals surface area contributed by atoms with Gasteiger partial charge in [0, 0.05) is 31.5 Å². The summed E-state index contributed by atoms with van der Waals surface area (Å²) in [5.74, 6) is 0.435. The summed E-state index contributed by atoms with van der Waals surface area (Å²) in [6, 6.07) is 4.03. The second kappa shape index (κ2) is 4.11. The second-order valence-electron chi connectivity index (χ2n) is 4.07. The Hall–Kier alpha value is -1.22. The van der Waals surface area contributed by atoms with E-state index < -0.39 is 0 Å². The fourth-order valence-corrected chi connectivity index (χ4v) is 2.15. The van der Waals surface area contributed by atoms with Gasteiger partial charge in [-0.05, 0) is 30.9 Å². The van der Waals surface area contributed by atoms with E-state index in [1.165, 1.54) is 0 Å². The van der Waals surface area contributed by atoms with E-state index in [9.17, 15) is 5.11 Å². The summed E-state index contributed by atoms with van der Waals surface area (Å²) in [4.78, 5) is 2.16. The van der Waals surface area contributed by atoms with Crippen LogP contribution in [-0.4, -0.2) is 30.4 Å². The summed E-state index contributed by atoms with van der Waals surface area (Å²) >= 11 is 0. The van der Waals surface area contributed by atoms with E-state index in [4.69, 9.17) is 5.11 Å². The highest BCUT2D eigenvalue weighted by molar-refractivity contribution is 5.64. The number of hydrogen-bond donors (Lipinski definition) is 2. The Bertz CT molecular complexity index is 363. The van der Waals surface area contributed by atoms with Crippen LogP contribution in [0.15, 0.2) is 12.1 Å². The second-order valence-corrected chi connectivity index (χ2v) is 4.07. The van der Waals surface area contributed by atoms with Gasteiger partial charge in [-0.2, -0.15) is 0 Å². The van der Waals surface area contributed by atoms with Gasteiger partial charge in [-0.3, -0.25) is 0 Å². The van der Waals surface area contributed by atoms with Crippen LogP contribution in [0, 0.1) is 0 Å². The van der Waals surface area contributed by atoms with Crippen molar-refractivity contribution in [2.24, 2.45) is 0 Å². The zero-order valence-corrected chi connectivity index (χ0v) is 9.03. The number of hydrogen-bond acceptors (Lipinski definition) is 3. The molecular weight excluding hydrogens is 190 g/mol. The molecule has 0 spiro atoms. The van der Waals surface area contributed by atoms with Gasteiger partial charge in [0.1, 0.15) is 5.75 Å². The minimum Gasteiger partial charge on any atom is -0.507 e. The van der Waals surface area contributed by atoms with Crippen LogP contribution in [0.1, 0.15) is 17.5 Å². The van der Waals surface area contributed by atoms with Gasteiger partial charge in [0.2, 0.25) is 0 Å². The van der Waals surface area contributed by atoms with Crippen molar-refractivity contribution in [2.75, 3.05) is 25.1 Å². The predicted molar refractivity (Wildman–Crippen MR) is 60.5 cm³/mol. The van der Waals surface area contributed by atoms with Gasteiger partial charge in [0.25, 0.3) is 0 Å². The molecule has 1 heterocycles. The number of fused-ring (bicyclic) bond motifs is 1. The largest absolute Gasteiger partial charge is 0.507 e. The molecule has 0 saturated heterocycles. The number of phenols is 1. The van der Waals surface area contributed by atoms with Crippen LogP contribution in [0.5, 0.6) is 5.75 Å². The van der Waals surface area contributed by atoms with Crippen molar-refractivity contribution < 1.29 is 10.2 Å². The Kier molecular flexibility index (Phi) is 2.82. The average Bonchev–Trinajstić information content (AvgIpc) is 2.61. The first-order valence-electron chi connectivity index (χ1n) is 5.39. The number of benzene rings is 1. The van der Waals surface area contributed by atoms with Gasteiger partial charge in [-0.15, -0.1) is 0 Å². The summed E-state index contributed by atoms with van der Waals surface area (Å²) in [6.07, 6.45) is 2.38. The Morgan fingerprint density at radius 1 is 1.40 bits per heavy atom. The third-order valence-electron chi connectivity index (χ3n) is 3.05. The number of nitrogens with zero attached hydrogens (tertiary/aromatic N) is 1. The molecule has 3 nitrogen and oxygen atoms in total. The molecule has 1 aromatic rings. The molecule has 0 aromatic heterocycles. The Labute approximate surface area is 90.0 Å². The highest BCUT2D eigenvalue weighted by Gasteiger charge is 2.20. The van der Waals surface area contributed by atoms with Crippen molar-refractivity contribution in [2.45, 2.75) is 19.3 Å². The van der Waals surface area contributed by atoms with E-state index >= 15 is 0 Å². The molecule has 15 heavy (non-hydrogen) atoms. The SMILES string of the molecule is CN1CCc2c1ccc(CCCO)c2O. The van der Waals surface area contributed by atoms with Crippen LogP contribution in [0.4, 0.5) is 5.69 Å². The summed E-state index contributed by atoms with van der Waals surface area (Å²) in [6.45, 7) is 1.16. The molecule has 1 aromatic carbocycles. The average molecular weight is 207 g/mol. The smallest absolute Gasteiger partial charge is 0.124 e. The zero-order chi connectivity index (χ0) is 10.8. The highest BCUT2D eigenvalue weighted by atomic mass is 16.3. The monoisotopic (exact) mass is 207 g/mol. The first kappa shape index (κ1) is 10.3. The van der Waals surface area contributed by atoms with Crippen molar-refractivity contribution in [1.82, 2.24) is 0 Å². The number of rotatable bonds is 3. The standard InChI is InChI=1S/C12H17NO2/c1-13-7-6-10-11(13)5-4-9(12(10)15)3-2-8-14/h4-5,14-15H,2-3,6-8H2,1H3. The molecule has 0 radical (unpaired) electrons. The molecule has 1 aliphatic rings. The molecule has 0 saturated carbocycles. The number of aromatic hydroxyl groups is 1. The van der Waals surface area contributed by atoms with E-state index in [0.29, 0.717) is 12.2 Å². The van der Waals surface area contributed by atoms with Crippen LogP contribution in [0.3, 0.4) is 0 Å². The van der Waals surface area contributed by atoms with Gasteiger partial charge in [0.05, 0.1) is 0 Å². The van der Waals surface area contributed by atoms with Crippen LogP contribution >= 0.6 is 0 Å². The molecule has 0 aliphatic carbocycles. The first-order valence-corrected chi connectivity index (χ1v) is 5.39. The molecule has 3 heteroatoms. The maximum atomic E-state index is 10.0. The van der Waals surface area contributed by atoms with Gasteiger partial charge in [0.15, 0.2) is 0 Å². The number of likely N-dealkylation sites (N-methyl/N-ethyl adjacent to an activating group) is 1. The Morgan fingerprint density at radius 2 is 2.20 bits per heavy atom. The lowest BCUT2D eigenvalue weighted by molar-refractivity contribution is 0.288. The molecule has 0 unspecified atom stereocenters. The van der Waals surface area contributed by atoms with Crippen molar-refractivity contribution >= 4 is 5.69 Å². The molecule has 0 fully saturated rings. The van der Waals surface area contributed by atoms with Gasteiger partial charge >= 0.3 is 0 Å². The minimum absolute atomic E-state index is 0.177. The number of aryl methyl sites for hydroxylation is 1. The van der Waals surface area contributed by atoms with E-state index in [2.05, 4.69) is 11.0 Å². The van der Waals surface area contributed by atoms with Gasteiger partial charge < -0.3 is 15.1 Å². The van der Waals surface area contributed by atoms with Crippen molar-refractivity contribution in [3.05, 3.63) is 23.3 Å². The summed E-state index contributed by atoms with van der Waals surface area (Å²) in [5.41, 5.74) is 3.16. The normalized spacial score (nSPS) is 14.4. The van der Waals surface area contributed by atoms with Crippen LogP contribution in [0.2, 0.25) is 0 Å². The van der Waals surface area contributed by atoms with Crippen molar-refractivity contribution in [1.29, 1.82) is 0 Å². The zero-order valence-electron chi connectivity index (χ0n) is 9.03. The first-order chi connectivity index (χ1) is 7.24. The molecule has 2 N–H and O–H groups in total. The van der Waals surface area contributed by atoms with E-state index in [0.717, 1.165) is 36.2 Å². The molecule has 2 rings (SSSR count). The number of phenolic OH excluding ortho intramolecular Hbond substituents is 1. The summed E-state index contributed by atoms with van der Waals surface area (Å²) < 4.78 is 0. The fourth-order valence-electron chi connectivity index (χ4n) is 2.15. The van der Waals surface area contributed by atoms with Crippen molar-refractivity contribution in [3.63, 3.8) is 0 Å². The predicted octanol–water partition coefficient (Wildman–Crippen LogP) is 1.31. The number of anilines is 1. The quantitative estimate of drug-likeness (QED) is 0.785. The van der Waals surface area contributed by atoms with E-state index in [-0.39, 0.29) is 6.61 Å². The molecular formula is C12H17NO2. The third kappa shape index (κ3) is 1.79. The lowest BCUT2D eigenvalue weighted by Gasteiger charge is -2.13. The molecule has 0 amide bonds. The van der Waals surface area contributed by atoms with Crippen LogP contribution in [-0.2, 0) is 12.8 Å². The maximum absolute atomic E-state index is 10.0. The van der Waals surface area contributed by atoms with Crippen LogP contribution < -0.4 is 4.90 Å². The molecule has 0 atom stereocenters. The van der Waals surface area contributed by atoms with Crippen molar-refractivity contribution in [3.8, 4) is 5.75 Å². The van der Waals surface area contributed by atoms with Gasteiger partial charge in [-0.25, -0.2) is 0 Å².